The topological polar surface area (TPSA) is 68.0 Å². The standard InChI is InChI=1S/C7H11N3OS/c1-4(2)10-5-3-9-7(12-5)6(8)11/h3-4,10H,1-2H3,(H2,8,11). The van der Waals surface area contributed by atoms with E-state index in [2.05, 4.69) is 10.3 Å². The molecule has 0 aliphatic rings. The van der Waals surface area contributed by atoms with Gasteiger partial charge in [0.2, 0.25) is 0 Å². The van der Waals surface area contributed by atoms with E-state index < -0.39 is 5.91 Å². The van der Waals surface area contributed by atoms with Crippen LogP contribution in [-0.2, 0) is 0 Å². The first-order chi connectivity index (χ1) is 5.59. The highest BCUT2D eigenvalue weighted by molar-refractivity contribution is 7.17. The van der Waals surface area contributed by atoms with Crippen molar-refractivity contribution in [1.82, 2.24) is 4.98 Å². The lowest BCUT2D eigenvalue weighted by molar-refractivity contribution is 0.1000. The highest BCUT2D eigenvalue weighted by Crippen LogP contribution is 2.18. The second kappa shape index (κ2) is 3.53. The molecule has 0 fully saturated rings. The van der Waals surface area contributed by atoms with Crippen molar-refractivity contribution in [3.63, 3.8) is 0 Å². The number of nitrogens with two attached hydrogens (primary N) is 1. The van der Waals surface area contributed by atoms with Gasteiger partial charge in [-0.2, -0.15) is 0 Å². The van der Waals surface area contributed by atoms with Gasteiger partial charge in [-0.3, -0.25) is 4.79 Å². The number of carbonyl (C=O) groups excluding carboxylic acids is 1. The number of nitrogens with zero attached hydrogens (tertiary/aromatic N) is 1. The number of hydrogen-bond acceptors (Lipinski definition) is 4. The molecule has 5 heteroatoms. The normalized spacial score (nSPS) is 10.2. The maximum atomic E-state index is 10.6. The van der Waals surface area contributed by atoms with Crippen LogP contribution in [0.25, 0.3) is 0 Å². The molecule has 0 aliphatic heterocycles. The van der Waals surface area contributed by atoms with Crippen LogP contribution >= 0.6 is 11.3 Å². The van der Waals surface area contributed by atoms with Crippen LogP contribution < -0.4 is 11.1 Å². The average Bonchev–Trinajstić information content (AvgIpc) is 2.34. The summed E-state index contributed by atoms with van der Waals surface area (Å²) in [5.74, 6) is -0.475. The summed E-state index contributed by atoms with van der Waals surface area (Å²) in [4.78, 5) is 14.5. The molecular formula is C7H11N3OS. The van der Waals surface area contributed by atoms with Crippen LogP contribution in [0, 0.1) is 0 Å². The van der Waals surface area contributed by atoms with E-state index in [0.29, 0.717) is 11.0 Å². The van der Waals surface area contributed by atoms with E-state index in [1.165, 1.54) is 11.3 Å². The third-order valence-electron chi connectivity index (χ3n) is 1.15. The fourth-order valence-electron chi connectivity index (χ4n) is 0.739. The molecule has 1 rings (SSSR count). The van der Waals surface area contributed by atoms with Gasteiger partial charge in [-0.25, -0.2) is 4.98 Å². The van der Waals surface area contributed by atoms with E-state index in [9.17, 15) is 4.79 Å². The fourth-order valence-corrected chi connectivity index (χ4v) is 1.55. The Balaban J connectivity index is 2.71. The molecular weight excluding hydrogens is 174 g/mol. The van der Waals surface area contributed by atoms with Gasteiger partial charge in [0, 0.05) is 6.04 Å². The van der Waals surface area contributed by atoms with Crippen molar-refractivity contribution in [2.45, 2.75) is 19.9 Å². The Labute approximate surface area is 74.8 Å². The molecule has 1 heterocycles. The van der Waals surface area contributed by atoms with E-state index in [1.54, 1.807) is 6.20 Å². The lowest BCUT2D eigenvalue weighted by atomic mass is 10.4. The summed E-state index contributed by atoms with van der Waals surface area (Å²) in [7, 11) is 0. The molecule has 0 unspecified atom stereocenters. The molecule has 1 aromatic rings. The first kappa shape index (κ1) is 8.99. The minimum atomic E-state index is -0.475. The first-order valence-electron chi connectivity index (χ1n) is 3.61. The SMILES string of the molecule is CC(C)Nc1cnc(C(N)=O)s1. The van der Waals surface area contributed by atoms with Gasteiger partial charge in [-0.15, -0.1) is 0 Å². The molecule has 0 aromatic carbocycles. The van der Waals surface area contributed by atoms with Crippen LogP contribution in [0.5, 0.6) is 0 Å². The van der Waals surface area contributed by atoms with Gasteiger partial charge < -0.3 is 11.1 Å². The Morgan fingerprint density at radius 2 is 2.42 bits per heavy atom. The predicted octanol–water partition coefficient (Wildman–Crippen LogP) is 1.06. The van der Waals surface area contributed by atoms with Gasteiger partial charge in [0.15, 0.2) is 5.01 Å². The average molecular weight is 185 g/mol. The molecule has 0 radical (unpaired) electrons. The third-order valence-corrected chi connectivity index (χ3v) is 2.09. The quantitative estimate of drug-likeness (QED) is 0.740. The Bertz CT molecular complexity index is 282. The number of primary amides is 1. The summed E-state index contributed by atoms with van der Waals surface area (Å²) in [6.45, 7) is 4.04. The number of carbonyl (C=O) groups is 1. The first-order valence-corrected chi connectivity index (χ1v) is 4.43. The molecule has 0 saturated carbocycles. The molecule has 0 atom stereocenters. The number of amides is 1. The van der Waals surface area contributed by atoms with Crippen molar-refractivity contribution in [2.75, 3.05) is 5.32 Å². The number of hydrogen-bond donors (Lipinski definition) is 2. The molecule has 0 aliphatic carbocycles. The second-order valence-corrected chi connectivity index (χ2v) is 3.72. The zero-order chi connectivity index (χ0) is 9.14. The van der Waals surface area contributed by atoms with Gasteiger partial charge in [-0.05, 0) is 13.8 Å². The largest absolute Gasteiger partial charge is 0.373 e. The van der Waals surface area contributed by atoms with Gasteiger partial charge in [0.25, 0.3) is 5.91 Å². The van der Waals surface area contributed by atoms with Crippen LogP contribution in [0.1, 0.15) is 23.6 Å². The van der Waals surface area contributed by atoms with Crippen molar-refractivity contribution >= 4 is 22.2 Å². The summed E-state index contributed by atoms with van der Waals surface area (Å²) in [6, 6.07) is 0.339. The highest BCUT2D eigenvalue weighted by atomic mass is 32.1. The summed E-state index contributed by atoms with van der Waals surface area (Å²) >= 11 is 1.27. The summed E-state index contributed by atoms with van der Waals surface area (Å²) in [5, 5.41) is 4.35. The molecule has 66 valence electrons. The summed E-state index contributed by atoms with van der Waals surface area (Å²) in [5.41, 5.74) is 5.04. The minimum absolute atomic E-state index is 0.339. The molecule has 12 heavy (non-hydrogen) atoms. The van der Waals surface area contributed by atoms with Gasteiger partial charge in [0.1, 0.15) is 5.00 Å². The Kier molecular flexibility index (Phi) is 2.65. The Hall–Kier alpha value is -1.10. The second-order valence-electron chi connectivity index (χ2n) is 2.69. The van der Waals surface area contributed by atoms with E-state index >= 15 is 0 Å². The van der Waals surface area contributed by atoms with Gasteiger partial charge in [0.05, 0.1) is 6.20 Å². The van der Waals surface area contributed by atoms with Gasteiger partial charge in [-0.1, -0.05) is 11.3 Å². The van der Waals surface area contributed by atoms with E-state index in [-0.39, 0.29) is 0 Å². The third kappa shape index (κ3) is 2.20. The lowest BCUT2D eigenvalue weighted by Gasteiger charge is -2.04. The summed E-state index contributed by atoms with van der Waals surface area (Å²) < 4.78 is 0. The molecule has 3 N–H and O–H groups in total. The van der Waals surface area contributed by atoms with Crippen molar-refractivity contribution in [1.29, 1.82) is 0 Å². The van der Waals surface area contributed by atoms with Crippen molar-refractivity contribution in [2.24, 2.45) is 5.73 Å². The number of aromatic nitrogens is 1. The zero-order valence-electron chi connectivity index (χ0n) is 7.00. The number of anilines is 1. The minimum Gasteiger partial charge on any atom is -0.373 e. The zero-order valence-corrected chi connectivity index (χ0v) is 7.81. The van der Waals surface area contributed by atoms with E-state index in [0.717, 1.165) is 5.00 Å². The highest BCUT2D eigenvalue weighted by Gasteiger charge is 2.06. The molecule has 1 amide bonds. The smallest absolute Gasteiger partial charge is 0.277 e. The molecule has 4 nitrogen and oxygen atoms in total. The Morgan fingerprint density at radius 1 is 1.75 bits per heavy atom. The lowest BCUT2D eigenvalue weighted by Crippen LogP contribution is -2.10. The van der Waals surface area contributed by atoms with Crippen molar-refractivity contribution in [3.05, 3.63) is 11.2 Å². The van der Waals surface area contributed by atoms with Crippen molar-refractivity contribution in [3.8, 4) is 0 Å². The number of thiazole rings is 1. The predicted molar refractivity (Wildman–Crippen MR) is 49.4 cm³/mol. The van der Waals surface area contributed by atoms with Crippen LogP contribution in [0.2, 0.25) is 0 Å². The number of rotatable bonds is 3. The molecule has 0 bridgehead atoms. The van der Waals surface area contributed by atoms with Crippen LogP contribution in [0.3, 0.4) is 0 Å². The number of nitrogens with one attached hydrogen (secondary N) is 1. The van der Waals surface area contributed by atoms with E-state index in [4.69, 9.17) is 5.73 Å². The van der Waals surface area contributed by atoms with Crippen LogP contribution in [0.15, 0.2) is 6.20 Å². The maximum Gasteiger partial charge on any atom is 0.277 e. The fraction of sp³-hybridized carbons (Fsp3) is 0.429. The van der Waals surface area contributed by atoms with Crippen LogP contribution in [-0.4, -0.2) is 16.9 Å². The van der Waals surface area contributed by atoms with Crippen molar-refractivity contribution < 1.29 is 4.79 Å². The molecule has 0 saturated heterocycles. The molecule has 0 spiro atoms. The summed E-state index contributed by atoms with van der Waals surface area (Å²) in [6.07, 6.45) is 1.62. The van der Waals surface area contributed by atoms with Gasteiger partial charge >= 0.3 is 0 Å². The molecule has 1 aromatic heterocycles. The van der Waals surface area contributed by atoms with Crippen LogP contribution in [0.4, 0.5) is 5.00 Å². The Morgan fingerprint density at radius 3 is 2.83 bits per heavy atom. The monoisotopic (exact) mass is 185 g/mol. The van der Waals surface area contributed by atoms with E-state index in [1.807, 2.05) is 13.8 Å². The maximum absolute atomic E-state index is 10.6.